The molecule has 0 aliphatic carbocycles. The Hall–Kier alpha value is -2.86. The highest BCUT2D eigenvalue weighted by molar-refractivity contribution is 5.94. The van der Waals surface area contributed by atoms with Crippen LogP contribution in [0, 0.1) is 0 Å². The van der Waals surface area contributed by atoms with Crippen LogP contribution in [0.5, 0.6) is 5.75 Å². The van der Waals surface area contributed by atoms with Crippen LogP contribution in [0.1, 0.15) is 22.3 Å². The topological polar surface area (TPSA) is 70.1 Å². The van der Waals surface area contributed by atoms with Crippen LogP contribution in [0.2, 0.25) is 0 Å². The van der Waals surface area contributed by atoms with Crippen LogP contribution >= 0.6 is 0 Å². The van der Waals surface area contributed by atoms with E-state index in [9.17, 15) is 14.7 Å². The van der Waals surface area contributed by atoms with E-state index in [2.05, 4.69) is 0 Å². The number of hydrogen-bond acceptors (Lipinski definition) is 4. The first kappa shape index (κ1) is 19.9. The molecular weight excluding hydrogens is 356 g/mol. The third kappa shape index (κ3) is 4.70. The second-order valence-corrected chi connectivity index (χ2v) is 6.88. The summed E-state index contributed by atoms with van der Waals surface area (Å²) in [6.45, 7) is 1.14. The minimum atomic E-state index is -0.286. The molecule has 0 unspecified atom stereocenters. The predicted molar refractivity (Wildman–Crippen MR) is 106 cm³/mol. The Kier molecular flexibility index (Phi) is 6.66. The van der Waals surface area contributed by atoms with Gasteiger partial charge >= 0.3 is 0 Å². The largest absolute Gasteiger partial charge is 0.497 e. The third-order valence-electron chi connectivity index (χ3n) is 5.12. The molecule has 0 bridgehead atoms. The number of benzene rings is 2. The standard InChI is InChI=1S/C22H26N2O4/c1-28-20-9-7-18(8-10-20)22(27)23-12-11-21(26)24(14-13-23)19(16-25)15-17-5-3-2-4-6-17/h2-10,19,25H,11-16H2,1H3/t19-/m0/s1. The summed E-state index contributed by atoms with van der Waals surface area (Å²) < 4.78 is 5.13. The molecule has 1 aliphatic heterocycles. The van der Waals surface area contributed by atoms with Crippen molar-refractivity contribution in [1.82, 2.24) is 9.80 Å². The van der Waals surface area contributed by atoms with Gasteiger partial charge in [-0.3, -0.25) is 9.59 Å². The maximum atomic E-state index is 12.8. The molecule has 1 aliphatic rings. The van der Waals surface area contributed by atoms with Gasteiger partial charge in [-0.05, 0) is 36.2 Å². The Morgan fingerprint density at radius 3 is 2.43 bits per heavy atom. The Morgan fingerprint density at radius 1 is 1.07 bits per heavy atom. The highest BCUT2D eigenvalue weighted by Crippen LogP contribution is 2.17. The Balaban J connectivity index is 1.67. The lowest BCUT2D eigenvalue weighted by Crippen LogP contribution is -2.45. The Morgan fingerprint density at radius 2 is 1.79 bits per heavy atom. The SMILES string of the molecule is COc1ccc(C(=O)N2CCC(=O)N([C@H](CO)Cc3ccccc3)CC2)cc1. The van der Waals surface area contributed by atoms with Gasteiger partial charge in [0.05, 0.1) is 19.8 Å². The first-order chi connectivity index (χ1) is 13.6. The third-order valence-corrected chi connectivity index (χ3v) is 5.12. The van der Waals surface area contributed by atoms with Gasteiger partial charge in [0, 0.05) is 31.6 Å². The second-order valence-electron chi connectivity index (χ2n) is 6.88. The van der Waals surface area contributed by atoms with Gasteiger partial charge in [0.2, 0.25) is 5.91 Å². The maximum absolute atomic E-state index is 12.8. The van der Waals surface area contributed by atoms with E-state index in [1.165, 1.54) is 0 Å². The van der Waals surface area contributed by atoms with E-state index in [0.29, 0.717) is 37.4 Å². The van der Waals surface area contributed by atoms with E-state index in [1.54, 1.807) is 41.2 Å². The quantitative estimate of drug-likeness (QED) is 0.829. The number of nitrogens with zero attached hydrogens (tertiary/aromatic N) is 2. The van der Waals surface area contributed by atoms with Crippen molar-refractivity contribution >= 4 is 11.8 Å². The summed E-state index contributed by atoms with van der Waals surface area (Å²) in [5.41, 5.74) is 1.65. The van der Waals surface area contributed by atoms with Crippen molar-refractivity contribution in [2.75, 3.05) is 33.4 Å². The van der Waals surface area contributed by atoms with Gasteiger partial charge in [-0.25, -0.2) is 0 Å². The monoisotopic (exact) mass is 382 g/mol. The molecule has 1 saturated heterocycles. The van der Waals surface area contributed by atoms with Crippen molar-refractivity contribution in [2.24, 2.45) is 0 Å². The van der Waals surface area contributed by atoms with Gasteiger partial charge in [-0.15, -0.1) is 0 Å². The van der Waals surface area contributed by atoms with E-state index in [4.69, 9.17) is 4.74 Å². The summed E-state index contributed by atoms with van der Waals surface area (Å²) in [4.78, 5) is 28.9. The van der Waals surface area contributed by atoms with E-state index in [-0.39, 0.29) is 30.9 Å². The number of rotatable bonds is 6. The number of amides is 2. The molecule has 0 spiro atoms. The first-order valence-corrected chi connectivity index (χ1v) is 9.50. The van der Waals surface area contributed by atoms with E-state index < -0.39 is 0 Å². The highest BCUT2D eigenvalue weighted by atomic mass is 16.5. The zero-order valence-corrected chi connectivity index (χ0v) is 16.1. The number of carbonyl (C=O) groups is 2. The predicted octanol–water partition coefficient (Wildman–Crippen LogP) is 1.97. The van der Waals surface area contributed by atoms with Crippen LogP contribution in [0.15, 0.2) is 54.6 Å². The lowest BCUT2D eigenvalue weighted by Gasteiger charge is -2.30. The zero-order valence-electron chi connectivity index (χ0n) is 16.1. The maximum Gasteiger partial charge on any atom is 0.253 e. The smallest absolute Gasteiger partial charge is 0.253 e. The fraction of sp³-hybridized carbons (Fsp3) is 0.364. The molecule has 2 aromatic rings. The zero-order chi connectivity index (χ0) is 19.9. The van der Waals surface area contributed by atoms with Crippen molar-refractivity contribution in [3.05, 3.63) is 65.7 Å². The summed E-state index contributed by atoms with van der Waals surface area (Å²) in [5.74, 6) is 0.571. The summed E-state index contributed by atoms with van der Waals surface area (Å²) in [7, 11) is 1.58. The number of methoxy groups -OCH3 is 1. The summed E-state index contributed by atoms with van der Waals surface area (Å²) in [6.07, 6.45) is 0.850. The van der Waals surface area contributed by atoms with Crippen LogP contribution in [-0.4, -0.2) is 66.1 Å². The minimum Gasteiger partial charge on any atom is -0.497 e. The molecule has 6 nitrogen and oxygen atoms in total. The lowest BCUT2D eigenvalue weighted by molar-refractivity contribution is -0.133. The van der Waals surface area contributed by atoms with Crippen LogP contribution in [0.25, 0.3) is 0 Å². The van der Waals surface area contributed by atoms with E-state index >= 15 is 0 Å². The van der Waals surface area contributed by atoms with Crippen molar-refractivity contribution in [3.8, 4) is 5.75 Å². The van der Waals surface area contributed by atoms with Crippen LogP contribution in [0.4, 0.5) is 0 Å². The van der Waals surface area contributed by atoms with Gasteiger partial charge in [-0.2, -0.15) is 0 Å². The molecule has 2 amide bonds. The average molecular weight is 382 g/mol. The van der Waals surface area contributed by atoms with Crippen LogP contribution in [0.3, 0.4) is 0 Å². The molecule has 28 heavy (non-hydrogen) atoms. The summed E-state index contributed by atoms with van der Waals surface area (Å²) >= 11 is 0. The van der Waals surface area contributed by atoms with Crippen molar-refractivity contribution < 1.29 is 19.4 Å². The molecule has 6 heteroatoms. The molecule has 0 radical (unpaired) electrons. The van der Waals surface area contributed by atoms with Crippen LogP contribution < -0.4 is 4.74 Å². The molecule has 1 fully saturated rings. The molecular formula is C22H26N2O4. The number of aliphatic hydroxyl groups is 1. The molecule has 3 rings (SSSR count). The van der Waals surface area contributed by atoms with Crippen molar-refractivity contribution in [3.63, 3.8) is 0 Å². The highest BCUT2D eigenvalue weighted by Gasteiger charge is 2.29. The van der Waals surface area contributed by atoms with E-state index in [0.717, 1.165) is 5.56 Å². The first-order valence-electron chi connectivity index (χ1n) is 9.50. The minimum absolute atomic E-state index is 0.0278. The molecule has 2 aromatic carbocycles. The van der Waals surface area contributed by atoms with Crippen LogP contribution in [-0.2, 0) is 11.2 Å². The normalized spacial score (nSPS) is 15.9. The van der Waals surface area contributed by atoms with Crippen molar-refractivity contribution in [2.45, 2.75) is 18.9 Å². The summed E-state index contributed by atoms with van der Waals surface area (Å²) in [5, 5.41) is 9.87. The van der Waals surface area contributed by atoms with Gasteiger partial charge in [0.15, 0.2) is 0 Å². The molecule has 0 aromatic heterocycles. The number of carbonyl (C=O) groups excluding carboxylic acids is 2. The lowest BCUT2D eigenvalue weighted by atomic mass is 10.0. The molecule has 1 heterocycles. The average Bonchev–Trinajstić information content (AvgIpc) is 2.94. The Bertz CT molecular complexity index is 792. The van der Waals surface area contributed by atoms with Gasteiger partial charge in [0.1, 0.15) is 5.75 Å². The second kappa shape index (κ2) is 9.37. The molecule has 1 atom stereocenters. The van der Waals surface area contributed by atoms with Gasteiger partial charge in [0.25, 0.3) is 5.91 Å². The van der Waals surface area contributed by atoms with Gasteiger partial charge in [-0.1, -0.05) is 30.3 Å². The summed E-state index contributed by atoms with van der Waals surface area (Å²) in [6, 6.07) is 16.5. The fourth-order valence-corrected chi connectivity index (χ4v) is 3.50. The van der Waals surface area contributed by atoms with Crippen molar-refractivity contribution in [1.29, 1.82) is 0 Å². The fourth-order valence-electron chi connectivity index (χ4n) is 3.50. The number of aliphatic hydroxyl groups excluding tert-OH is 1. The van der Waals surface area contributed by atoms with Gasteiger partial charge < -0.3 is 19.6 Å². The van der Waals surface area contributed by atoms with E-state index in [1.807, 2.05) is 30.3 Å². The molecule has 1 N–H and O–H groups in total. The molecule has 0 saturated carbocycles. The number of ether oxygens (including phenoxy) is 1. The Labute approximate surface area is 165 Å². The molecule has 148 valence electrons. The number of hydrogen-bond donors (Lipinski definition) is 1.